The molecule has 1 N–H and O–H groups in total. The molecule has 2 aromatic rings. The molecule has 1 fully saturated rings. The lowest BCUT2D eigenvalue weighted by Crippen LogP contribution is -2.20. The first-order chi connectivity index (χ1) is 9.31. The molecule has 1 aromatic heterocycles. The molecule has 98 valence electrons. The second kappa shape index (κ2) is 5.45. The Bertz CT molecular complexity index is 549. The predicted molar refractivity (Wildman–Crippen MR) is 74.7 cm³/mol. The second-order valence-electron chi connectivity index (χ2n) is 4.97. The SMILES string of the molecule is Cc1nc(CCNC2CC2)nc(-c2ccccc2)n1. The lowest BCUT2D eigenvalue weighted by atomic mass is 10.2. The second-order valence-corrected chi connectivity index (χ2v) is 4.97. The Kier molecular flexibility index (Phi) is 3.51. The summed E-state index contributed by atoms with van der Waals surface area (Å²) in [6.07, 6.45) is 3.48. The van der Waals surface area contributed by atoms with Crippen LogP contribution in [-0.4, -0.2) is 27.5 Å². The van der Waals surface area contributed by atoms with Crippen LogP contribution in [0, 0.1) is 6.92 Å². The predicted octanol–water partition coefficient (Wildman–Crippen LogP) is 2.14. The summed E-state index contributed by atoms with van der Waals surface area (Å²) in [4.78, 5) is 13.4. The zero-order chi connectivity index (χ0) is 13.1. The third-order valence-electron chi connectivity index (χ3n) is 3.18. The number of rotatable bonds is 5. The zero-order valence-electron chi connectivity index (χ0n) is 11.1. The van der Waals surface area contributed by atoms with E-state index in [0.29, 0.717) is 0 Å². The molecule has 19 heavy (non-hydrogen) atoms. The van der Waals surface area contributed by atoms with Gasteiger partial charge in [-0.25, -0.2) is 15.0 Å². The minimum Gasteiger partial charge on any atom is -0.314 e. The molecule has 0 aliphatic heterocycles. The van der Waals surface area contributed by atoms with Gasteiger partial charge in [0.25, 0.3) is 0 Å². The maximum Gasteiger partial charge on any atom is 0.163 e. The van der Waals surface area contributed by atoms with E-state index >= 15 is 0 Å². The van der Waals surface area contributed by atoms with Crippen molar-refractivity contribution >= 4 is 0 Å². The molecule has 0 amide bonds. The molecule has 1 heterocycles. The topological polar surface area (TPSA) is 50.7 Å². The normalized spacial score (nSPS) is 14.6. The smallest absolute Gasteiger partial charge is 0.163 e. The van der Waals surface area contributed by atoms with E-state index in [4.69, 9.17) is 0 Å². The van der Waals surface area contributed by atoms with Crippen LogP contribution in [0.4, 0.5) is 0 Å². The molecule has 1 saturated carbocycles. The first-order valence-electron chi connectivity index (χ1n) is 6.81. The van der Waals surface area contributed by atoms with Gasteiger partial charge in [0.1, 0.15) is 11.6 Å². The average Bonchev–Trinajstić information content (AvgIpc) is 3.23. The van der Waals surface area contributed by atoms with Crippen molar-refractivity contribution in [2.45, 2.75) is 32.2 Å². The van der Waals surface area contributed by atoms with Crippen LogP contribution in [0.25, 0.3) is 11.4 Å². The van der Waals surface area contributed by atoms with E-state index < -0.39 is 0 Å². The highest BCUT2D eigenvalue weighted by molar-refractivity contribution is 5.54. The highest BCUT2D eigenvalue weighted by Gasteiger charge is 2.19. The fraction of sp³-hybridized carbons (Fsp3) is 0.400. The molecule has 4 heteroatoms. The number of nitrogens with one attached hydrogen (secondary N) is 1. The Morgan fingerprint density at radius 1 is 1.11 bits per heavy atom. The van der Waals surface area contributed by atoms with Gasteiger partial charge in [0.15, 0.2) is 5.82 Å². The van der Waals surface area contributed by atoms with Gasteiger partial charge in [-0.05, 0) is 19.8 Å². The Morgan fingerprint density at radius 3 is 2.63 bits per heavy atom. The molecule has 1 aliphatic rings. The molecule has 0 bridgehead atoms. The molecular formula is C15H18N4. The molecule has 4 nitrogen and oxygen atoms in total. The number of aryl methyl sites for hydroxylation is 1. The van der Waals surface area contributed by atoms with E-state index in [1.54, 1.807) is 0 Å². The third kappa shape index (κ3) is 3.35. The molecular weight excluding hydrogens is 236 g/mol. The molecule has 3 rings (SSSR count). The van der Waals surface area contributed by atoms with E-state index in [9.17, 15) is 0 Å². The lowest BCUT2D eigenvalue weighted by Gasteiger charge is -2.06. The van der Waals surface area contributed by atoms with Crippen LogP contribution in [0.2, 0.25) is 0 Å². The quantitative estimate of drug-likeness (QED) is 0.888. The number of benzene rings is 1. The van der Waals surface area contributed by atoms with E-state index in [-0.39, 0.29) is 0 Å². The van der Waals surface area contributed by atoms with Crippen molar-refractivity contribution in [3.05, 3.63) is 42.0 Å². The van der Waals surface area contributed by atoms with E-state index in [1.165, 1.54) is 12.8 Å². The summed E-state index contributed by atoms with van der Waals surface area (Å²) in [5.41, 5.74) is 1.05. The van der Waals surface area contributed by atoms with E-state index in [2.05, 4.69) is 20.3 Å². The van der Waals surface area contributed by atoms with Gasteiger partial charge in [0, 0.05) is 24.6 Å². The molecule has 1 aliphatic carbocycles. The van der Waals surface area contributed by atoms with Crippen LogP contribution in [0.15, 0.2) is 30.3 Å². The summed E-state index contributed by atoms with van der Waals surface area (Å²) in [6, 6.07) is 10.8. The highest BCUT2D eigenvalue weighted by Crippen LogP contribution is 2.18. The minimum atomic E-state index is 0.733. The Hall–Kier alpha value is -1.81. The zero-order valence-corrected chi connectivity index (χ0v) is 11.1. The van der Waals surface area contributed by atoms with Crippen LogP contribution in [0.1, 0.15) is 24.5 Å². The summed E-state index contributed by atoms with van der Waals surface area (Å²) < 4.78 is 0. The van der Waals surface area contributed by atoms with E-state index in [0.717, 1.165) is 42.0 Å². The van der Waals surface area contributed by atoms with Gasteiger partial charge in [-0.15, -0.1) is 0 Å². The molecule has 0 radical (unpaired) electrons. The molecule has 0 saturated heterocycles. The lowest BCUT2D eigenvalue weighted by molar-refractivity contribution is 0.662. The Morgan fingerprint density at radius 2 is 1.89 bits per heavy atom. The first-order valence-corrected chi connectivity index (χ1v) is 6.81. The number of aromatic nitrogens is 3. The van der Waals surface area contributed by atoms with Crippen LogP contribution in [0.5, 0.6) is 0 Å². The maximum absolute atomic E-state index is 4.56. The van der Waals surface area contributed by atoms with Crippen molar-refractivity contribution in [3.63, 3.8) is 0 Å². The molecule has 0 unspecified atom stereocenters. The van der Waals surface area contributed by atoms with Crippen molar-refractivity contribution in [1.29, 1.82) is 0 Å². The van der Waals surface area contributed by atoms with Gasteiger partial charge >= 0.3 is 0 Å². The van der Waals surface area contributed by atoms with Crippen LogP contribution < -0.4 is 5.32 Å². The van der Waals surface area contributed by atoms with Gasteiger partial charge in [-0.3, -0.25) is 0 Å². The largest absolute Gasteiger partial charge is 0.314 e. The standard InChI is InChI=1S/C15H18N4/c1-11-17-14(9-10-16-13-7-8-13)19-15(18-11)12-5-3-2-4-6-12/h2-6,13,16H,7-10H2,1H3. The minimum absolute atomic E-state index is 0.733. The van der Waals surface area contributed by atoms with Crippen molar-refractivity contribution in [2.75, 3.05) is 6.54 Å². The van der Waals surface area contributed by atoms with Crippen molar-refractivity contribution < 1.29 is 0 Å². The van der Waals surface area contributed by atoms with Crippen LogP contribution in [0.3, 0.4) is 0 Å². The molecule has 0 spiro atoms. The summed E-state index contributed by atoms with van der Waals surface area (Å²) in [7, 11) is 0. The van der Waals surface area contributed by atoms with E-state index in [1.807, 2.05) is 37.3 Å². The van der Waals surface area contributed by atoms with Gasteiger partial charge in [-0.1, -0.05) is 30.3 Å². The fourth-order valence-corrected chi connectivity index (χ4v) is 2.04. The average molecular weight is 254 g/mol. The van der Waals surface area contributed by atoms with Gasteiger partial charge < -0.3 is 5.32 Å². The van der Waals surface area contributed by atoms with Crippen molar-refractivity contribution in [3.8, 4) is 11.4 Å². The maximum atomic E-state index is 4.56. The van der Waals surface area contributed by atoms with Crippen molar-refractivity contribution in [1.82, 2.24) is 20.3 Å². The molecule has 0 atom stereocenters. The molecule has 1 aromatic carbocycles. The van der Waals surface area contributed by atoms with Gasteiger partial charge in [-0.2, -0.15) is 0 Å². The van der Waals surface area contributed by atoms with Crippen molar-refractivity contribution in [2.24, 2.45) is 0 Å². The summed E-state index contributed by atoms with van der Waals surface area (Å²) in [5, 5.41) is 3.48. The first kappa shape index (κ1) is 12.2. The highest BCUT2D eigenvalue weighted by atomic mass is 15.0. The summed E-state index contributed by atoms with van der Waals surface area (Å²) in [6.45, 7) is 2.87. The number of hydrogen-bond acceptors (Lipinski definition) is 4. The van der Waals surface area contributed by atoms with Crippen LogP contribution >= 0.6 is 0 Å². The summed E-state index contributed by atoms with van der Waals surface area (Å²) in [5.74, 6) is 2.43. The Balaban J connectivity index is 1.75. The van der Waals surface area contributed by atoms with Gasteiger partial charge in [0.05, 0.1) is 0 Å². The Labute approximate surface area is 113 Å². The number of nitrogens with zero attached hydrogens (tertiary/aromatic N) is 3. The summed E-state index contributed by atoms with van der Waals surface area (Å²) >= 11 is 0. The van der Waals surface area contributed by atoms with Crippen LogP contribution in [-0.2, 0) is 6.42 Å². The third-order valence-corrected chi connectivity index (χ3v) is 3.18. The monoisotopic (exact) mass is 254 g/mol. The number of hydrogen-bond donors (Lipinski definition) is 1. The fourth-order valence-electron chi connectivity index (χ4n) is 2.04. The van der Waals surface area contributed by atoms with Gasteiger partial charge in [0.2, 0.25) is 0 Å².